The van der Waals surface area contributed by atoms with E-state index >= 15 is 0 Å². The summed E-state index contributed by atoms with van der Waals surface area (Å²) in [6.45, 7) is 0. The molecular formula is C10H18O3S. The van der Waals surface area contributed by atoms with Crippen LogP contribution in [0.25, 0.3) is 0 Å². The van der Waals surface area contributed by atoms with Crippen molar-refractivity contribution < 1.29 is 14.6 Å². The Labute approximate surface area is 89.2 Å². The van der Waals surface area contributed by atoms with E-state index in [1.54, 1.807) is 0 Å². The van der Waals surface area contributed by atoms with E-state index in [0.29, 0.717) is 6.42 Å². The third-order valence-electron chi connectivity index (χ3n) is 2.68. The fourth-order valence-electron chi connectivity index (χ4n) is 1.71. The fraction of sp³-hybridized carbons (Fsp3) is 0.900. The second-order valence-electron chi connectivity index (χ2n) is 3.63. The van der Waals surface area contributed by atoms with Crippen LogP contribution in [0.2, 0.25) is 0 Å². The molecule has 0 bridgehead atoms. The van der Waals surface area contributed by atoms with Gasteiger partial charge in [-0.15, -0.1) is 0 Å². The number of thioether (sulfide) groups is 1. The van der Waals surface area contributed by atoms with Crippen molar-refractivity contribution in [3.05, 3.63) is 0 Å². The number of rotatable bonds is 3. The number of carbonyl (C=O) groups excluding carboxylic acids is 1. The highest BCUT2D eigenvalue weighted by molar-refractivity contribution is 7.99. The maximum Gasteiger partial charge on any atom is 0.305 e. The first kappa shape index (κ1) is 11.9. The molecule has 0 aliphatic carbocycles. The topological polar surface area (TPSA) is 46.5 Å². The van der Waals surface area contributed by atoms with Crippen LogP contribution in [0.15, 0.2) is 0 Å². The van der Waals surface area contributed by atoms with Crippen molar-refractivity contribution in [2.24, 2.45) is 5.92 Å². The van der Waals surface area contributed by atoms with Crippen molar-refractivity contribution >= 4 is 17.7 Å². The lowest BCUT2D eigenvalue weighted by Gasteiger charge is -2.18. The smallest absolute Gasteiger partial charge is 0.305 e. The molecule has 1 rings (SSSR count). The van der Waals surface area contributed by atoms with E-state index in [2.05, 4.69) is 4.74 Å². The fourth-order valence-corrected chi connectivity index (χ4v) is 2.79. The Hall–Kier alpha value is -0.220. The molecular weight excluding hydrogens is 200 g/mol. The van der Waals surface area contributed by atoms with Gasteiger partial charge in [0.15, 0.2) is 0 Å². The summed E-state index contributed by atoms with van der Waals surface area (Å²) in [5, 5.41) is 9.77. The molecule has 0 spiro atoms. The second-order valence-corrected chi connectivity index (χ2v) is 4.86. The van der Waals surface area contributed by atoms with Gasteiger partial charge in [0.05, 0.1) is 13.2 Å². The Balaban J connectivity index is 2.29. The van der Waals surface area contributed by atoms with Gasteiger partial charge >= 0.3 is 5.97 Å². The Morgan fingerprint density at radius 1 is 1.50 bits per heavy atom. The predicted octanol–water partition coefficient (Wildman–Crippen LogP) is 1.44. The summed E-state index contributed by atoms with van der Waals surface area (Å²) in [6.07, 6.45) is 2.84. The summed E-state index contributed by atoms with van der Waals surface area (Å²) in [5.41, 5.74) is 0. The zero-order chi connectivity index (χ0) is 10.4. The second kappa shape index (κ2) is 6.30. The number of esters is 1. The molecule has 1 saturated heterocycles. The summed E-state index contributed by atoms with van der Waals surface area (Å²) in [6, 6.07) is 0. The zero-order valence-electron chi connectivity index (χ0n) is 8.57. The number of methoxy groups -OCH3 is 1. The van der Waals surface area contributed by atoms with Crippen LogP contribution in [-0.4, -0.2) is 35.8 Å². The molecule has 0 aromatic rings. The van der Waals surface area contributed by atoms with Crippen LogP contribution in [0.1, 0.15) is 25.7 Å². The lowest BCUT2D eigenvalue weighted by Crippen LogP contribution is -2.21. The first-order chi connectivity index (χ1) is 6.74. The van der Waals surface area contributed by atoms with Crippen molar-refractivity contribution in [3.63, 3.8) is 0 Å². The molecule has 0 saturated carbocycles. The average molecular weight is 218 g/mol. The third kappa shape index (κ3) is 3.88. The van der Waals surface area contributed by atoms with E-state index in [1.807, 2.05) is 11.8 Å². The molecule has 1 aliphatic heterocycles. The highest BCUT2D eigenvalue weighted by Crippen LogP contribution is 2.26. The van der Waals surface area contributed by atoms with E-state index in [4.69, 9.17) is 0 Å². The summed E-state index contributed by atoms with van der Waals surface area (Å²) in [4.78, 5) is 10.9. The average Bonchev–Trinajstić information content (AvgIpc) is 2.39. The number of hydrogen-bond acceptors (Lipinski definition) is 4. The van der Waals surface area contributed by atoms with E-state index < -0.39 is 0 Å². The van der Waals surface area contributed by atoms with Crippen molar-refractivity contribution in [3.8, 4) is 0 Å². The van der Waals surface area contributed by atoms with Gasteiger partial charge in [-0.05, 0) is 36.7 Å². The summed E-state index contributed by atoms with van der Waals surface area (Å²) in [7, 11) is 1.40. The number of aliphatic hydroxyl groups is 1. The normalized spacial score (nSPS) is 28.1. The number of carbonyl (C=O) groups is 1. The molecule has 1 heterocycles. The molecule has 4 heteroatoms. The summed E-state index contributed by atoms with van der Waals surface area (Å²) in [5.74, 6) is 2.25. The monoisotopic (exact) mass is 218 g/mol. The predicted molar refractivity (Wildman–Crippen MR) is 57.3 cm³/mol. The molecule has 2 atom stereocenters. The van der Waals surface area contributed by atoms with Crippen LogP contribution >= 0.6 is 11.8 Å². The molecule has 1 aliphatic rings. The van der Waals surface area contributed by atoms with Crippen LogP contribution in [0, 0.1) is 5.92 Å². The van der Waals surface area contributed by atoms with Crippen molar-refractivity contribution in [1.29, 1.82) is 0 Å². The lowest BCUT2D eigenvalue weighted by atomic mass is 9.93. The van der Waals surface area contributed by atoms with Gasteiger partial charge in [0.1, 0.15) is 0 Å². The van der Waals surface area contributed by atoms with Crippen molar-refractivity contribution in [2.45, 2.75) is 31.8 Å². The van der Waals surface area contributed by atoms with Gasteiger partial charge in [0.25, 0.3) is 0 Å². The van der Waals surface area contributed by atoms with Crippen LogP contribution in [0.4, 0.5) is 0 Å². The zero-order valence-corrected chi connectivity index (χ0v) is 9.39. The van der Waals surface area contributed by atoms with Crippen LogP contribution in [0.3, 0.4) is 0 Å². The van der Waals surface area contributed by atoms with Crippen molar-refractivity contribution in [1.82, 2.24) is 0 Å². The first-order valence-corrected chi connectivity index (χ1v) is 6.22. The minimum atomic E-state index is -0.227. The quantitative estimate of drug-likeness (QED) is 0.728. The molecule has 0 aromatic carbocycles. The molecule has 1 N–H and O–H groups in total. The van der Waals surface area contributed by atoms with E-state index in [1.165, 1.54) is 7.11 Å². The Bertz CT molecular complexity index is 184. The van der Waals surface area contributed by atoms with Crippen molar-refractivity contribution in [2.75, 3.05) is 18.6 Å². The highest BCUT2D eigenvalue weighted by atomic mass is 32.2. The number of hydrogen-bond donors (Lipinski definition) is 1. The van der Waals surface area contributed by atoms with Gasteiger partial charge in [-0.25, -0.2) is 0 Å². The van der Waals surface area contributed by atoms with Crippen LogP contribution in [-0.2, 0) is 9.53 Å². The van der Waals surface area contributed by atoms with Gasteiger partial charge < -0.3 is 9.84 Å². The van der Waals surface area contributed by atoms with E-state index in [9.17, 15) is 9.90 Å². The SMILES string of the molecule is COC(=O)CC[C@H]1CCSCC[C@@H]1O. The molecule has 1 fully saturated rings. The van der Waals surface area contributed by atoms with E-state index in [-0.39, 0.29) is 18.0 Å². The molecule has 0 radical (unpaired) electrons. The molecule has 14 heavy (non-hydrogen) atoms. The van der Waals surface area contributed by atoms with E-state index in [0.717, 1.165) is 30.8 Å². The van der Waals surface area contributed by atoms with Gasteiger partial charge in [0.2, 0.25) is 0 Å². The maximum atomic E-state index is 10.9. The maximum absolute atomic E-state index is 10.9. The molecule has 0 unspecified atom stereocenters. The standard InChI is InChI=1S/C10H18O3S/c1-13-10(12)3-2-8-4-6-14-7-5-9(8)11/h8-9,11H,2-7H2,1H3/t8-,9-/m0/s1. The molecule has 0 amide bonds. The number of aliphatic hydroxyl groups excluding tert-OH is 1. The molecule has 3 nitrogen and oxygen atoms in total. The molecule has 82 valence electrons. The Morgan fingerprint density at radius 2 is 2.21 bits per heavy atom. The Morgan fingerprint density at radius 3 is 2.93 bits per heavy atom. The number of ether oxygens (including phenoxy) is 1. The third-order valence-corrected chi connectivity index (χ3v) is 3.73. The minimum Gasteiger partial charge on any atom is -0.469 e. The van der Waals surface area contributed by atoms with Gasteiger partial charge in [-0.1, -0.05) is 0 Å². The van der Waals surface area contributed by atoms with Gasteiger partial charge in [0, 0.05) is 6.42 Å². The first-order valence-electron chi connectivity index (χ1n) is 5.06. The van der Waals surface area contributed by atoms with Gasteiger partial charge in [-0.3, -0.25) is 4.79 Å². The van der Waals surface area contributed by atoms with Crippen LogP contribution < -0.4 is 0 Å². The summed E-state index contributed by atoms with van der Waals surface area (Å²) >= 11 is 1.89. The highest BCUT2D eigenvalue weighted by Gasteiger charge is 2.22. The summed E-state index contributed by atoms with van der Waals surface area (Å²) < 4.78 is 4.58. The minimum absolute atomic E-state index is 0.172. The van der Waals surface area contributed by atoms with Gasteiger partial charge in [-0.2, -0.15) is 11.8 Å². The Kier molecular flexibility index (Phi) is 5.33. The molecule has 0 aromatic heterocycles. The lowest BCUT2D eigenvalue weighted by molar-refractivity contribution is -0.141. The van der Waals surface area contributed by atoms with Crippen LogP contribution in [0.5, 0.6) is 0 Å². The largest absolute Gasteiger partial charge is 0.469 e.